The van der Waals surface area contributed by atoms with Crippen LogP contribution < -0.4 is 10.6 Å². The van der Waals surface area contributed by atoms with Crippen LogP contribution in [0.1, 0.15) is 12.8 Å². The molecule has 1 unspecified atom stereocenters. The van der Waals surface area contributed by atoms with Crippen LogP contribution in [0.15, 0.2) is 12.1 Å². The van der Waals surface area contributed by atoms with E-state index in [4.69, 9.17) is 11.6 Å². The molecule has 1 aromatic rings. The summed E-state index contributed by atoms with van der Waals surface area (Å²) >= 11 is 5.63. The second-order valence-electron chi connectivity index (χ2n) is 3.42. The zero-order chi connectivity index (χ0) is 9.80. The molecule has 1 saturated heterocycles. The van der Waals surface area contributed by atoms with E-state index in [1.807, 2.05) is 6.07 Å². The molecule has 0 spiro atoms. The van der Waals surface area contributed by atoms with E-state index in [0.29, 0.717) is 11.2 Å². The molecule has 1 aliphatic rings. The first-order valence-electron chi connectivity index (χ1n) is 4.81. The molecule has 0 radical (unpaired) electrons. The molecule has 4 nitrogen and oxygen atoms in total. The topological polar surface area (TPSA) is 49.8 Å². The minimum Gasteiger partial charge on any atom is -0.367 e. The van der Waals surface area contributed by atoms with Crippen molar-refractivity contribution in [1.29, 1.82) is 0 Å². The van der Waals surface area contributed by atoms with Crippen molar-refractivity contribution >= 4 is 29.8 Å². The Labute approximate surface area is 100 Å². The standard InChI is InChI=1S/C9H13ClN4.ClH/c10-8-3-4-9(14-13-8)12-6-7-2-1-5-11-7;/h3-4,7,11H,1-2,5-6H2,(H,12,14);1H. The van der Waals surface area contributed by atoms with Gasteiger partial charge in [-0.05, 0) is 31.5 Å². The fraction of sp³-hybridized carbons (Fsp3) is 0.556. The Kier molecular flexibility index (Phi) is 5.08. The van der Waals surface area contributed by atoms with E-state index in [2.05, 4.69) is 20.8 Å². The van der Waals surface area contributed by atoms with Crippen molar-refractivity contribution in [2.45, 2.75) is 18.9 Å². The lowest BCUT2D eigenvalue weighted by Crippen LogP contribution is -2.29. The number of halogens is 2. The van der Waals surface area contributed by atoms with Crippen LogP contribution in [-0.4, -0.2) is 29.3 Å². The molecule has 1 atom stereocenters. The Morgan fingerprint density at radius 3 is 2.93 bits per heavy atom. The number of nitrogens with one attached hydrogen (secondary N) is 2. The second-order valence-corrected chi connectivity index (χ2v) is 3.80. The number of nitrogens with zero attached hydrogens (tertiary/aromatic N) is 2. The van der Waals surface area contributed by atoms with Crippen molar-refractivity contribution < 1.29 is 0 Å². The predicted molar refractivity (Wildman–Crippen MR) is 63.8 cm³/mol. The van der Waals surface area contributed by atoms with Gasteiger partial charge < -0.3 is 10.6 Å². The minimum absolute atomic E-state index is 0. The van der Waals surface area contributed by atoms with Crippen molar-refractivity contribution in [3.63, 3.8) is 0 Å². The molecule has 2 N–H and O–H groups in total. The first-order chi connectivity index (χ1) is 6.84. The maximum Gasteiger partial charge on any atom is 0.151 e. The number of hydrogen-bond acceptors (Lipinski definition) is 4. The molecular weight excluding hydrogens is 235 g/mol. The van der Waals surface area contributed by atoms with Crippen LogP contribution in [0.4, 0.5) is 5.82 Å². The lowest BCUT2D eigenvalue weighted by molar-refractivity contribution is 0.632. The summed E-state index contributed by atoms with van der Waals surface area (Å²) in [4.78, 5) is 0. The first kappa shape index (κ1) is 12.5. The predicted octanol–water partition coefficient (Wildman–Crippen LogP) is 1.72. The van der Waals surface area contributed by atoms with Crippen molar-refractivity contribution in [2.24, 2.45) is 0 Å². The molecule has 0 bridgehead atoms. The summed E-state index contributed by atoms with van der Waals surface area (Å²) in [5.74, 6) is 0.781. The normalized spacial score (nSPS) is 19.7. The largest absolute Gasteiger partial charge is 0.367 e. The zero-order valence-electron chi connectivity index (χ0n) is 8.24. The molecule has 2 heterocycles. The SMILES string of the molecule is Cl.Clc1ccc(NCC2CCCN2)nn1. The Morgan fingerprint density at radius 1 is 1.47 bits per heavy atom. The molecule has 0 aromatic carbocycles. The molecule has 1 aromatic heterocycles. The van der Waals surface area contributed by atoms with Crippen LogP contribution in [0, 0.1) is 0 Å². The van der Waals surface area contributed by atoms with Gasteiger partial charge in [-0.1, -0.05) is 11.6 Å². The van der Waals surface area contributed by atoms with Gasteiger partial charge in [-0.25, -0.2) is 0 Å². The molecular formula is C9H14Cl2N4. The van der Waals surface area contributed by atoms with E-state index in [0.717, 1.165) is 18.9 Å². The van der Waals surface area contributed by atoms with E-state index in [1.165, 1.54) is 12.8 Å². The molecule has 84 valence electrons. The quantitative estimate of drug-likeness (QED) is 0.856. The Morgan fingerprint density at radius 2 is 2.33 bits per heavy atom. The van der Waals surface area contributed by atoms with Gasteiger partial charge in [0.05, 0.1) is 0 Å². The highest BCUT2D eigenvalue weighted by molar-refractivity contribution is 6.29. The van der Waals surface area contributed by atoms with Crippen molar-refractivity contribution in [3.8, 4) is 0 Å². The highest BCUT2D eigenvalue weighted by Crippen LogP contribution is 2.08. The van der Waals surface area contributed by atoms with Gasteiger partial charge in [-0.15, -0.1) is 22.6 Å². The minimum atomic E-state index is 0. The van der Waals surface area contributed by atoms with Gasteiger partial charge in [0.2, 0.25) is 0 Å². The zero-order valence-corrected chi connectivity index (χ0v) is 9.81. The molecule has 1 fully saturated rings. The van der Waals surface area contributed by atoms with Crippen LogP contribution >= 0.6 is 24.0 Å². The summed E-state index contributed by atoms with van der Waals surface area (Å²) < 4.78 is 0. The summed E-state index contributed by atoms with van der Waals surface area (Å²) in [6.45, 7) is 2.02. The molecule has 0 amide bonds. The summed E-state index contributed by atoms with van der Waals surface area (Å²) in [7, 11) is 0. The summed E-state index contributed by atoms with van der Waals surface area (Å²) in [6.07, 6.45) is 2.49. The third-order valence-corrected chi connectivity index (χ3v) is 2.53. The van der Waals surface area contributed by atoms with Gasteiger partial charge in [0.25, 0.3) is 0 Å². The lowest BCUT2D eigenvalue weighted by Gasteiger charge is -2.10. The third-order valence-electron chi connectivity index (χ3n) is 2.32. The molecule has 2 rings (SSSR count). The average Bonchev–Trinajstić information content (AvgIpc) is 2.70. The van der Waals surface area contributed by atoms with E-state index < -0.39 is 0 Å². The fourth-order valence-corrected chi connectivity index (χ4v) is 1.67. The van der Waals surface area contributed by atoms with Gasteiger partial charge >= 0.3 is 0 Å². The molecule has 15 heavy (non-hydrogen) atoms. The molecule has 0 aliphatic carbocycles. The van der Waals surface area contributed by atoms with Gasteiger partial charge in [0.1, 0.15) is 5.82 Å². The Balaban J connectivity index is 0.00000112. The molecule has 1 aliphatic heterocycles. The first-order valence-corrected chi connectivity index (χ1v) is 5.19. The van der Waals surface area contributed by atoms with Gasteiger partial charge in [0, 0.05) is 12.6 Å². The van der Waals surface area contributed by atoms with Gasteiger partial charge in [-0.2, -0.15) is 0 Å². The highest BCUT2D eigenvalue weighted by atomic mass is 35.5. The monoisotopic (exact) mass is 248 g/mol. The summed E-state index contributed by atoms with van der Waals surface area (Å²) in [5.41, 5.74) is 0. The average molecular weight is 249 g/mol. The van der Waals surface area contributed by atoms with Crippen LogP contribution in [0.2, 0.25) is 5.15 Å². The van der Waals surface area contributed by atoms with Crippen molar-refractivity contribution in [1.82, 2.24) is 15.5 Å². The van der Waals surface area contributed by atoms with Crippen LogP contribution in [-0.2, 0) is 0 Å². The Hall–Kier alpha value is -0.580. The maximum atomic E-state index is 5.63. The van der Waals surface area contributed by atoms with Crippen molar-refractivity contribution in [2.75, 3.05) is 18.4 Å². The second kappa shape index (κ2) is 6.10. The van der Waals surface area contributed by atoms with E-state index in [1.54, 1.807) is 6.07 Å². The van der Waals surface area contributed by atoms with Crippen LogP contribution in [0.5, 0.6) is 0 Å². The van der Waals surface area contributed by atoms with Crippen molar-refractivity contribution in [3.05, 3.63) is 17.3 Å². The smallest absolute Gasteiger partial charge is 0.151 e. The molecule has 6 heteroatoms. The summed E-state index contributed by atoms with van der Waals surface area (Å²) in [6, 6.07) is 4.14. The van der Waals surface area contributed by atoms with Crippen LogP contribution in [0.3, 0.4) is 0 Å². The maximum absolute atomic E-state index is 5.63. The van der Waals surface area contributed by atoms with Gasteiger partial charge in [0.15, 0.2) is 5.15 Å². The number of rotatable bonds is 3. The summed E-state index contributed by atoms with van der Waals surface area (Å²) in [5, 5.41) is 14.7. The van der Waals surface area contributed by atoms with Crippen LogP contribution in [0.25, 0.3) is 0 Å². The number of hydrogen-bond donors (Lipinski definition) is 2. The van der Waals surface area contributed by atoms with E-state index >= 15 is 0 Å². The van der Waals surface area contributed by atoms with Gasteiger partial charge in [-0.3, -0.25) is 0 Å². The third kappa shape index (κ3) is 3.81. The number of anilines is 1. The number of aromatic nitrogens is 2. The fourth-order valence-electron chi connectivity index (χ4n) is 1.57. The lowest BCUT2D eigenvalue weighted by atomic mass is 10.2. The molecule has 0 saturated carbocycles. The van der Waals surface area contributed by atoms with E-state index in [-0.39, 0.29) is 12.4 Å². The highest BCUT2D eigenvalue weighted by Gasteiger charge is 2.13. The van der Waals surface area contributed by atoms with E-state index in [9.17, 15) is 0 Å². The Bertz CT molecular complexity index is 285.